The number of aliphatic hydroxyl groups excluding tert-OH is 2. The summed E-state index contributed by atoms with van der Waals surface area (Å²) in [5, 5.41) is 32.5. The van der Waals surface area contributed by atoms with Crippen LogP contribution in [0.4, 0.5) is 0 Å². The van der Waals surface area contributed by atoms with Gasteiger partial charge in [-0.3, -0.25) is 4.79 Å². The van der Waals surface area contributed by atoms with E-state index in [0.29, 0.717) is 18.6 Å². The smallest absolute Gasteiger partial charge is 0.335 e. The maximum Gasteiger partial charge on any atom is 0.335 e. The van der Waals surface area contributed by atoms with Crippen molar-refractivity contribution in [3.05, 3.63) is 0 Å². The monoisotopic (exact) mass is 236 g/mol. The van der Waals surface area contributed by atoms with Crippen molar-refractivity contribution in [3.8, 4) is 0 Å². The number of rotatable bonds is 5. The summed E-state index contributed by atoms with van der Waals surface area (Å²) in [6.07, 6.45) is -3.15. The van der Waals surface area contributed by atoms with Crippen molar-refractivity contribution in [1.82, 2.24) is 0 Å². The highest BCUT2D eigenvalue weighted by Crippen LogP contribution is 1.92. The lowest BCUT2D eigenvalue weighted by Gasteiger charge is -2.07. The number of hydrogen-bond donors (Lipinski definition) is 4. The van der Waals surface area contributed by atoms with E-state index in [9.17, 15) is 14.4 Å². The van der Waals surface area contributed by atoms with E-state index < -0.39 is 24.1 Å². The Kier molecular flexibility index (Phi) is 9.33. The standard InChI is InChI=1S/C5H10O.C4H6O6/c1-3-5(6)4-2;5-1(3(7)8)2(6)4(9)10/h3-4H2,1-2H3;1-2,5-6H,(H,7,8)(H,9,10). The summed E-state index contributed by atoms with van der Waals surface area (Å²) in [6, 6.07) is 0. The lowest BCUT2D eigenvalue weighted by molar-refractivity contribution is -0.165. The van der Waals surface area contributed by atoms with Crippen molar-refractivity contribution in [2.45, 2.75) is 38.9 Å². The quantitative estimate of drug-likeness (QED) is 0.493. The van der Waals surface area contributed by atoms with Gasteiger partial charge in [-0.1, -0.05) is 13.8 Å². The molecular weight excluding hydrogens is 220 g/mol. The van der Waals surface area contributed by atoms with Gasteiger partial charge >= 0.3 is 11.9 Å². The van der Waals surface area contributed by atoms with Crippen LogP contribution in [0.25, 0.3) is 0 Å². The van der Waals surface area contributed by atoms with Crippen molar-refractivity contribution < 1.29 is 34.8 Å². The summed E-state index contributed by atoms with van der Waals surface area (Å²) in [5.74, 6) is -3.19. The molecule has 2 atom stereocenters. The van der Waals surface area contributed by atoms with Crippen molar-refractivity contribution in [2.75, 3.05) is 0 Å². The highest BCUT2D eigenvalue weighted by atomic mass is 16.4. The molecule has 0 aromatic carbocycles. The fourth-order valence-electron chi connectivity index (χ4n) is 0.520. The molecule has 0 aromatic heterocycles. The van der Waals surface area contributed by atoms with Crippen LogP contribution in [0.5, 0.6) is 0 Å². The van der Waals surface area contributed by atoms with Crippen LogP contribution in [0.1, 0.15) is 26.7 Å². The van der Waals surface area contributed by atoms with Crippen molar-refractivity contribution in [1.29, 1.82) is 0 Å². The molecule has 0 spiro atoms. The summed E-state index contributed by atoms with van der Waals surface area (Å²) >= 11 is 0. The number of carbonyl (C=O) groups excluding carboxylic acids is 1. The van der Waals surface area contributed by atoms with Crippen LogP contribution in [-0.4, -0.2) is 50.4 Å². The number of carbonyl (C=O) groups is 3. The molecule has 0 aliphatic heterocycles. The highest BCUT2D eigenvalue weighted by Gasteiger charge is 2.29. The highest BCUT2D eigenvalue weighted by molar-refractivity contribution is 5.83. The molecule has 4 N–H and O–H groups in total. The Morgan fingerprint density at radius 1 is 0.875 bits per heavy atom. The zero-order valence-corrected chi connectivity index (χ0v) is 9.08. The molecule has 0 fully saturated rings. The van der Waals surface area contributed by atoms with Crippen LogP contribution in [0.2, 0.25) is 0 Å². The summed E-state index contributed by atoms with van der Waals surface area (Å²) in [4.78, 5) is 29.7. The maximum atomic E-state index is 10.2. The van der Waals surface area contributed by atoms with Gasteiger partial charge in [0.1, 0.15) is 5.78 Å². The van der Waals surface area contributed by atoms with Crippen LogP contribution in [0, 0.1) is 0 Å². The van der Waals surface area contributed by atoms with Gasteiger partial charge in [-0.2, -0.15) is 0 Å². The Morgan fingerprint density at radius 3 is 1.19 bits per heavy atom. The molecule has 0 bridgehead atoms. The van der Waals surface area contributed by atoms with Gasteiger partial charge in [-0.15, -0.1) is 0 Å². The first kappa shape index (κ1) is 16.9. The molecular formula is C9H16O7. The molecule has 0 heterocycles. The van der Waals surface area contributed by atoms with E-state index in [1.807, 2.05) is 13.8 Å². The van der Waals surface area contributed by atoms with Gasteiger partial charge in [0.15, 0.2) is 12.2 Å². The van der Waals surface area contributed by atoms with Gasteiger partial charge in [0, 0.05) is 12.8 Å². The summed E-state index contributed by atoms with van der Waals surface area (Å²) in [5.41, 5.74) is 0. The summed E-state index contributed by atoms with van der Waals surface area (Å²) < 4.78 is 0. The first-order valence-electron chi connectivity index (χ1n) is 4.61. The zero-order chi connectivity index (χ0) is 13.3. The minimum absolute atomic E-state index is 0.343. The molecule has 0 aromatic rings. The van der Waals surface area contributed by atoms with Gasteiger partial charge in [0.25, 0.3) is 0 Å². The van der Waals surface area contributed by atoms with Gasteiger partial charge < -0.3 is 20.4 Å². The second-order valence-electron chi connectivity index (χ2n) is 2.81. The van der Waals surface area contributed by atoms with Crippen LogP contribution in [0.15, 0.2) is 0 Å². The molecule has 0 rings (SSSR count). The van der Waals surface area contributed by atoms with Gasteiger partial charge in [-0.05, 0) is 0 Å². The second kappa shape index (κ2) is 8.81. The Balaban J connectivity index is 0. The predicted octanol–water partition coefficient (Wildman–Crippen LogP) is -0.747. The Morgan fingerprint density at radius 2 is 1.12 bits per heavy atom. The Hall–Kier alpha value is -1.47. The molecule has 0 radical (unpaired) electrons. The molecule has 7 nitrogen and oxygen atoms in total. The maximum absolute atomic E-state index is 10.2. The molecule has 0 aliphatic carbocycles. The lowest BCUT2D eigenvalue weighted by atomic mass is 10.2. The molecule has 0 saturated heterocycles. The number of aliphatic hydroxyl groups is 2. The number of Topliss-reactive ketones (excluding diaryl/α,β-unsaturated/α-hetero) is 1. The minimum atomic E-state index is -2.27. The average molecular weight is 236 g/mol. The van der Waals surface area contributed by atoms with E-state index in [1.165, 1.54) is 0 Å². The summed E-state index contributed by atoms with van der Waals surface area (Å²) in [6.45, 7) is 3.76. The van der Waals surface area contributed by atoms with Crippen LogP contribution >= 0.6 is 0 Å². The topological polar surface area (TPSA) is 132 Å². The molecule has 7 heteroatoms. The SMILES string of the molecule is CCC(=O)CC.O=C(O)C(O)C(O)C(=O)O. The Labute approximate surface area is 92.3 Å². The van der Waals surface area contributed by atoms with Crippen LogP contribution in [0.3, 0.4) is 0 Å². The molecule has 94 valence electrons. The average Bonchev–Trinajstić information content (AvgIpc) is 2.26. The van der Waals surface area contributed by atoms with Crippen LogP contribution in [-0.2, 0) is 14.4 Å². The fraction of sp³-hybridized carbons (Fsp3) is 0.667. The van der Waals surface area contributed by atoms with E-state index in [2.05, 4.69) is 0 Å². The number of ketones is 1. The molecule has 0 amide bonds. The molecule has 0 aliphatic rings. The second-order valence-corrected chi connectivity index (χ2v) is 2.81. The third-order valence-corrected chi connectivity index (χ3v) is 1.59. The molecule has 2 unspecified atom stereocenters. The first-order valence-corrected chi connectivity index (χ1v) is 4.61. The van der Waals surface area contributed by atoms with E-state index in [1.54, 1.807) is 0 Å². The number of carboxylic acids is 2. The minimum Gasteiger partial charge on any atom is -0.479 e. The lowest BCUT2D eigenvalue weighted by Crippen LogP contribution is -2.39. The van der Waals surface area contributed by atoms with Crippen LogP contribution < -0.4 is 0 Å². The van der Waals surface area contributed by atoms with Crippen molar-refractivity contribution in [2.24, 2.45) is 0 Å². The van der Waals surface area contributed by atoms with E-state index >= 15 is 0 Å². The van der Waals surface area contributed by atoms with Crippen molar-refractivity contribution in [3.63, 3.8) is 0 Å². The van der Waals surface area contributed by atoms with Crippen molar-refractivity contribution >= 4 is 17.7 Å². The van der Waals surface area contributed by atoms with Gasteiger partial charge in [0.2, 0.25) is 0 Å². The molecule has 16 heavy (non-hydrogen) atoms. The van der Waals surface area contributed by atoms with Gasteiger partial charge in [0.05, 0.1) is 0 Å². The summed E-state index contributed by atoms with van der Waals surface area (Å²) in [7, 11) is 0. The van der Waals surface area contributed by atoms with E-state index in [-0.39, 0.29) is 0 Å². The normalized spacial score (nSPS) is 13.0. The first-order chi connectivity index (χ1) is 7.27. The number of aliphatic carboxylic acids is 2. The van der Waals surface area contributed by atoms with E-state index in [4.69, 9.17) is 20.4 Å². The number of hydrogen-bond acceptors (Lipinski definition) is 5. The Bertz CT molecular complexity index is 224. The predicted molar refractivity (Wildman–Crippen MR) is 52.9 cm³/mol. The number of carboxylic acid groups (broad SMARTS) is 2. The third kappa shape index (κ3) is 7.89. The fourth-order valence-corrected chi connectivity index (χ4v) is 0.520. The van der Waals surface area contributed by atoms with Gasteiger partial charge in [-0.25, -0.2) is 9.59 Å². The largest absolute Gasteiger partial charge is 0.479 e. The zero-order valence-electron chi connectivity index (χ0n) is 9.08. The van der Waals surface area contributed by atoms with E-state index in [0.717, 1.165) is 0 Å². The third-order valence-electron chi connectivity index (χ3n) is 1.59. The molecule has 0 saturated carbocycles.